The van der Waals surface area contributed by atoms with Crippen molar-refractivity contribution in [1.29, 1.82) is 0 Å². The third kappa shape index (κ3) is 4.37. The Labute approximate surface area is 190 Å². The molecule has 2 aromatic rings. The summed E-state index contributed by atoms with van der Waals surface area (Å²) in [6.07, 6.45) is -0.601. The van der Waals surface area contributed by atoms with Crippen molar-refractivity contribution >= 4 is 44.8 Å². The van der Waals surface area contributed by atoms with Crippen LogP contribution >= 0.6 is 27.5 Å². The first kappa shape index (κ1) is 22.3. The van der Waals surface area contributed by atoms with Crippen LogP contribution in [0, 0.1) is 11.6 Å². The van der Waals surface area contributed by atoms with Gasteiger partial charge in [0.05, 0.1) is 11.4 Å². The van der Waals surface area contributed by atoms with Gasteiger partial charge in [0.2, 0.25) is 5.91 Å². The van der Waals surface area contributed by atoms with E-state index in [1.165, 1.54) is 6.07 Å². The summed E-state index contributed by atoms with van der Waals surface area (Å²) in [4.78, 5) is 13.3. The zero-order chi connectivity index (χ0) is 22.3. The van der Waals surface area contributed by atoms with Crippen LogP contribution in [0.5, 0.6) is 5.75 Å². The summed E-state index contributed by atoms with van der Waals surface area (Å²) in [5.74, 6) is -1.31. The molecule has 6 nitrogen and oxygen atoms in total. The Bertz CT molecular complexity index is 1040. The lowest BCUT2D eigenvalue weighted by molar-refractivity contribution is -0.116. The fourth-order valence-electron chi connectivity index (χ4n) is 3.88. The molecule has 10 heteroatoms. The highest BCUT2D eigenvalue weighted by molar-refractivity contribution is 9.10. The Hall–Kier alpha value is -1.94. The van der Waals surface area contributed by atoms with Crippen LogP contribution in [0.4, 0.5) is 20.2 Å². The van der Waals surface area contributed by atoms with Gasteiger partial charge in [-0.3, -0.25) is 4.79 Å². The molecule has 0 spiro atoms. The van der Waals surface area contributed by atoms with Gasteiger partial charge in [0.1, 0.15) is 40.7 Å². The van der Waals surface area contributed by atoms with E-state index in [-0.39, 0.29) is 48.4 Å². The fraction of sp³-hybridized carbons (Fsp3) is 0.381. The van der Waals surface area contributed by atoms with Crippen molar-refractivity contribution in [3.05, 3.63) is 51.0 Å². The second-order valence-electron chi connectivity index (χ2n) is 7.77. The lowest BCUT2D eigenvalue weighted by atomic mass is 9.89. The minimum Gasteiger partial charge on any atom is -0.490 e. The largest absolute Gasteiger partial charge is 0.490 e. The lowest BCUT2D eigenvalue weighted by Gasteiger charge is -2.42. The van der Waals surface area contributed by atoms with Crippen molar-refractivity contribution in [3.63, 3.8) is 0 Å². The Kier molecular flexibility index (Phi) is 6.13. The molecule has 0 aromatic heterocycles. The molecule has 2 atom stereocenters. The molecular formula is C21H20BrClF2N2O4. The van der Waals surface area contributed by atoms with E-state index in [4.69, 9.17) is 16.3 Å². The number of aliphatic hydroxyl groups excluding tert-OH is 1. The second kappa shape index (κ2) is 8.54. The molecule has 0 radical (unpaired) electrons. The van der Waals surface area contributed by atoms with Gasteiger partial charge in [0.25, 0.3) is 0 Å². The van der Waals surface area contributed by atoms with Gasteiger partial charge in [-0.1, -0.05) is 27.5 Å². The number of amides is 1. The van der Waals surface area contributed by atoms with Crippen LogP contribution in [-0.2, 0) is 11.2 Å². The molecule has 2 aromatic carbocycles. The van der Waals surface area contributed by atoms with Crippen LogP contribution < -0.4 is 15.0 Å². The van der Waals surface area contributed by atoms with Gasteiger partial charge in [-0.25, -0.2) is 8.78 Å². The Morgan fingerprint density at radius 1 is 1.29 bits per heavy atom. The molecule has 0 aliphatic carbocycles. The highest BCUT2D eigenvalue weighted by Gasteiger charge is 2.42. The summed E-state index contributed by atoms with van der Waals surface area (Å²) in [6, 6.07) is 5.75. The zero-order valence-corrected chi connectivity index (χ0v) is 18.6. The van der Waals surface area contributed by atoms with E-state index in [0.717, 1.165) is 6.07 Å². The van der Waals surface area contributed by atoms with Gasteiger partial charge in [0.15, 0.2) is 0 Å². The number of piperidine rings is 1. The van der Waals surface area contributed by atoms with Gasteiger partial charge in [-0.2, -0.15) is 0 Å². The van der Waals surface area contributed by atoms with E-state index >= 15 is 0 Å². The highest BCUT2D eigenvalue weighted by atomic mass is 79.9. The van der Waals surface area contributed by atoms with E-state index in [2.05, 4.69) is 21.2 Å². The van der Waals surface area contributed by atoms with Gasteiger partial charge in [0, 0.05) is 35.6 Å². The van der Waals surface area contributed by atoms with Crippen molar-refractivity contribution in [2.45, 2.75) is 31.0 Å². The molecule has 2 aliphatic heterocycles. The number of carbonyl (C=O) groups is 1. The molecule has 1 amide bonds. The summed E-state index contributed by atoms with van der Waals surface area (Å²) in [7, 11) is 0. The number of nitrogens with one attached hydrogen (secondary N) is 1. The van der Waals surface area contributed by atoms with Crippen LogP contribution in [0.3, 0.4) is 0 Å². The van der Waals surface area contributed by atoms with E-state index < -0.39 is 23.3 Å². The van der Waals surface area contributed by atoms with Gasteiger partial charge < -0.3 is 25.2 Å². The van der Waals surface area contributed by atoms with Crippen molar-refractivity contribution in [3.8, 4) is 5.75 Å². The monoisotopic (exact) mass is 516 g/mol. The van der Waals surface area contributed by atoms with Gasteiger partial charge >= 0.3 is 0 Å². The molecule has 166 valence electrons. The topological polar surface area (TPSA) is 82.0 Å². The van der Waals surface area contributed by atoms with E-state index in [1.807, 2.05) is 0 Å². The predicted octanol–water partition coefficient (Wildman–Crippen LogP) is 3.65. The SMILES string of the molecule is O=C1CCc2c(OCC3(O)CCN(c4ccc(Br)cc4F)CC3O)cc(F)c(Cl)c2N1. The quantitative estimate of drug-likeness (QED) is 0.577. The van der Waals surface area contributed by atoms with Crippen molar-refractivity contribution in [1.82, 2.24) is 0 Å². The number of halogens is 4. The summed E-state index contributed by atoms with van der Waals surface area (Å²) in [6.45, 7) is -0.00748. The number of aliphatic hydroxyl groups is 2. The first-order chi connectivity index (χ1) is 14.7. The fourth-order valence-corrected chi connectivity index (χ4v) is 4.43. The van der Waals surface area contributed by atoms with Crippen LogP contribution in [0.25, 0.3) is 0 Å². The number of β-amino-alcohol motifs (C(OH)–C–C–N with tert-alkyl or cyclic N) is 1. The van der Waals surface area contributed by atoms with E-state index in [0.29, 0.717) is 28.7 Å². The van der Waals surface area contributed by atoms with Crippen molar-refractivity contribution in [2.24, 2.45) is 0 Å². The van der Waals surface area contributed by atoms with Crippen molar-refractivity contribution in [2.75, 3.05) is 29.9 Å². The standard InChI is InChI=1S/C21H20BrClF2N2O4/c22-11-1-3-15(13(24)7-11)27-6-5-21(30,17(28)9-27)10-31-16-8-14(25)19(23)20-12(16)2-4-18(29)26-20/h1,3,7-8,17,28,30H,2,4-6,9-10H2,(H,26,29). The number of anilines is 2. The maximum Gasteiger partial charge on any atom is 0.224 e. The minimum absolute atomic E-state index is 0.00154. The molecule has 2 unspecified atom stereocenters. The smallest absolute Gasteiger partial charge is 0.224 e. The van der Waals surface area contributed by atoms with Crippen LogP contribution in [-0.4, -0.2) is 47.5 Å². The van der Waals surface area contributed by atoms with Crippen LogP contribution in [0.15, 0.2) is 28.7 Å². The molecule has 1 fully saturated rings. The molecule has 3 N–H and O–H groups in total. The average Bonchev–Trinajstić information content (AvgIpc) is 2.72. The number of ether oxygens (including phenoxy) is 1. The van der Waals surface area contributed by atoms with Crippen LogP contribution in [0.1, 0.15) is 18.4 Å². The zero-order valence-electron chi connectivity index (χ0n) is 16.3. The molecular weight excluding hydrogens is 498 g/mol. The third-order valence-corrected chi connectivity index (χ3v) is 6.57. The highest BCUT2D eigenvalue weighted by Crippen LogP contribution is 2.40. The predicted molar refractivity (Wildman–Crippen MR) is 116 cm³/mol. The molecule has 1 saturated heterocycles. The molecule has 0 saturated carbocycles. The maximum absolute atomic E-state index is 14.3. The van der Waals surface area contributed by atoms with E-state index in [1.54, 1.807) is 17.0 Å². The lowest BCUT2D eigenvalue weighted by Crippen LogP contribution is -2.58. The average molecular weight is 518 g/mol. The van der Waals surface area contributed by atoms with Gasteiger partial charge in [-0.05, 0) is 31.0 Å². The normalized spacial score (nSPS) is 23.4. The number of rotatable bonds is 4. The van der Waals surface area contributed by atoms with E-state index in [9.17, 15) is 23.8 Å². The Morgan fingerprint density at radius 3 is 2.77 bits per heavy atom. The van der Waals surface area contributed by atoms with Gasteiger partial charge in [-0.15, -0.1) is 0 Å². The number of carbonyl (C=O) groups excluding carboxylic acids is 1. The summed E-state index contributed by atoms with van der Waals surface area (Å²) < 4.78 is 34.8. The Morgan fingerprint density at radius 2 is 2.06 bits per heavy atom. The summed E-state index contributed by atoms with van der Waals surface area (Å²) >= 11 is 9.18. The number of hydrogen-bond acceptors (Lipinski definition) is 5. The number of nitrogens with zero attached hydrogens (tertiary/aromatic N) is 1. The summed E-state index contributed by atoms with van der Waals surface area (Å²) in [5, 5.41) is 23.9. The maximum atomic E-state index is 14.3. The number of benzene rings is 2. The van der Waals surface area contributed by atoms with Crippen LogP contribution in [0.2, 0.25) is 5.02 Å². The molecule has 4 rings (SSSR count). The minimum atomic E-state index is -1.61. The van der Waals surface area contributed by atoms with Crippen molar-refractivity contribution < 1.29 is 28.5 Å². The molecule has 31 heavy (non-hydrogen) atoms. The molecule has 2 heterocycles. The molecule has 2 aliphatic rings. The second-order valence-corrected chi connectivity index (χ2v) is 9.07. The molecule has 0 bridgehead atoms. The third-order valence-electron chi connectivity index (χ3n) is 5.71. The Balaban J connectivity index is 1.49. The first-order valence-corrected chi connectivity index (χ1v) is 10.9. The summed E-state index contributed by atoms with van der Waals surface area (Å²) in [5.41, 5.74) is -0.572. The number of hydrogen-bond donors (Lipinski definition) is 3. The number of fused-ring (bicyclic) bond motifs is 1. The first-order valence-electron chi connectivity index (χ1n) is 9.72.